The Labute approximate surface area is 392 Å². The molecule has 5 heterocycles. The van der Waals surface area contributed by atoms with Crippen molar-refractivity contribution in [2.24, 2.45) is 0 Å². The largest absolute Gasteiger partial charge is 0.462 e. The molecule has 0 radical (unpaired) electrons. The molecule has 0 N–H and O–H groups in total. The number of hydrogen-bond donors (Lipinski definition) is 0. The van der Waals surface area contributed by atoms with Gasteiger partial charge in [-0.05, 0) is 79.2 Å². The normalized spacial score (nSPS) is 18.8. The van der Waals surface area contributed by atoms with E-state index in [2.05, 4.69) is 130 Å². The zero-order valence-electron chi connectivity index (χ0n) is 37.2. The van der Waals surface area contributed by atoms with E-state index >= 15 is 4.79 Å². The Morgan fingerprint density at radius 3 is 2.15 bits per heavy atom. The van der Waals surface area contributed by atoms with Crippen LogP contribution in [0.3, 0.4) is 0 Å². The summed E-state index contributed by atoms with van der Waals surface area (Å²) in [5, 5.41) is 13.2. The standard InChI is InChI=1S/C55H53ClN8O2/c1-60-32-16-25-45(60)39-66-54-58-48-38-61(49-28-15-18-40-17-14-26-47(56)51(40)49)34-30-46(48)52(59-54)62-35-36-63(44(37-62)29-31-57)53(65)50-27-12-5-13-33-64(50)55(41-19-6-2-7-20-41,42-21-8-3-9-22-42)43-23-10-4-11-24-43/h2-15,17-24,26-28,33,44-45H,16,25,29-30,32,34-39H2,1H3/t44-,45-/m0/s1. The van der Waals surface area contributed by atoms with Gasteiger partial charge in [-0.25, -0.2) is 0 Å². The number of anilines is 2. The van der Waals surface area contributed by atoms with Crippen molar-refractivity contribution < 1.29 is 9.53 Å². The molecule has 0 aliphatic carbocycles. The molecule has 5 aromatic carbocycles. The summed E-state index contributed by atoms with van der Waals surface area (Å²) in [4.78, 5) is 36.8. The average Bonchev–Trinajstić information content (AvgIpc) is 3.62. The zero-order chi connectivity index (χ0) is 45.0. The number of rotatable bonds is 11. The molecule has 0 bridgehead atoms. The van der Waals surface area contributed by atoms with Crippen molar-refractivity contribution in [1.82, 2.24) is 24.7 Å². The first-order chi connectivity index (χ1) is 32.4. The number of ether oxygens (including phenoxy) is 1. The summed E-state index contributed by atoms with van der Waals surface area (Å²) in [6.45, 7) is 4.19. The highest BCUT2D eigenvalue weighted by Crippen LogP contribution is 2.46. The lowest BCUT2D eigenvalue weighted by Gasteiger charge is -2.48. The Morgan fingerprint density at radius 1 is 0.788 bits per heavy atom. The molecular formula is C55H53ClN8O2. The quantitative estimate of drug-likeness (QED) is 0.118. The van der Waals surface area contributed by atoms with E-state index < -0.39 is 11.6 Å². The molecule has 0 spiro atoms. The minimum absolute atomic E-state index is 0.142. The number of benzene rings is 5. The summed E-state index contributed by atoms with van der Waals surface area (Å²) in [7, 11) is 2.14. The first-order valence-electron chi connectivity index (χ1n) is 23.0. The van der Waals surface area contributed by atoms with Crippen LogP contribution in [0.2, 0.25) is 5.02 Å². The lowest BCUT2D eigenvalue weighted by Crippen LogP contribution is -2.58. The fourth-order valence-corrected chi connectivity index (χ4v) is 10.8. The highest BCUT2D eigenvalue weighted by atomic mass is 35.5. The summed E-state index contributed by atoms with van der Waals surface area (Å²) in [6, 6.07) is 46.2. The monoisotopic (exact) mass is 892 g/mol. The van der Waals surface area contributed by atoms with Crippen LogP contribution in [0, 0.1) is 11.3 Å². The molecule has 1 amide bonds. The smallest absolute Gasteiger partial charge is 0.318 e. The molecule has 2 fully saturated rings. The molecule has 332 valence electrons. The van der Waals surface area contributed by atoms with Gasteiger partial charge in [0.15, 0.2) is 0 Å². The SMILES string of the molecule is CN1CCC[C@H]1COc1nc2c(c(N3CCN(C(=O)C4=CC=CC=CN4C(c4ccccc4)(c4ccccc4)c4ccccc4)[C@@H](CC#N)C3)n1)CCN(c1cccc3cccc(Cl)c13)C2. The van der Waals surface area contributed by atoms with Crippen LogP contribution in [0.15, 0.2) is 164 Å². The van der Waals surface area contributed by atoms with Crippen molar-refractivity contribution in [2.75, 3.05) is 56.2 Å². The number of allylic oxidation sites excluding steroid dienone is 4. The summed E-state index contributed by atoms with van der Waals surface area (Å²) < 4.78 is 6.49. The van der Waals surface area contributed by atoms with Crippen LogP contribution in [0.1, 0.15) is 47.2 Å². The molecule has 10 rings (SSSR count). The van der Waals surface area contributed by atoms with E-state index in [4.69, 9.17) is 26.3 Å². The van der Waals surface area contributed by atoms with Gasteiger partial charge in [0.25, 0.3) is 5.91 Å². The molecule has 11 heteroatoms. The lowest BCUT2D eigenvalue weighted by molar-refractivity contribution is -0.131. The molecule has 2 atom stereocenters. The Kier molecular flexibility index (Phi) is 12.3. The van der Waals surface area contributed by atoms with Gasteiger partial charge in [-0.1, -0.05) is 139 Å². The molecular weight excluding hydrogens is 840 g/mol. The zero-order valence-corrected chi connectivity index (χ0v) is 38.0. The third-order valence-electron chi connectivity index (χ3n) is 13.8. The Morgan fingerprint density at radius 2 is 1.48 bits per heavy atom. The van der Waals surface area contributed by atoms with Crippen LogP contribution in [-0.2, 0) is 23.3 Å². The number of nitriles is 1. The van der Waals surface area contributed by atoms with Crippen molar-refractivity contribution in [2.45, 2.75) is 49.9 Å². The lowest BCUT2D eigenvalue weighted by atomic mass is 9.75. The van der Waals surface area contributed by atoms with E-state index in [-0.39, 0.29) is 12.3 Å². The van der Waals surface area contributed by atoms with Crippen molar-refractivity contribution in [3.8, 4) is 12.1 Å². The molecule has 10 nitrogen and oxygen atoms in total. The van der Waals surface area contributed by atoms with E-state index in [0.717, 1.165) is 81.2 Å². The maximum Gasteiger partial charge on any atom is 0.318 e. The van der Waals surface area contributed by atoms with E-state index in [1.54, 1.807) is 0 Å². The van der Waals surface area contributed by atoms with E-state index in [0.29, 0.717) is 57.0 Å². The number of amides is 1. The number of halogens is 1. The number of aromatic nitrogens is 2. The van der Waals surface area contributed by atoms with Gasteiger partial charge in [0.2, 0.25) is 0 Å². The van der Waals surface area contributed by atoms with Gasteiger partial charge < -0.3 is 29.2 Å². The summed E-state index contributed by atoms with van der Waals surface area (Å²) >= 11 is 6.85. The third kappa shape index (κ3) is 8.07. The number of carbonyl (C=O) groups is 1. The number of hydrogen-bond acceptors (Lipinski definition) is 9. The Balaban J connectivity index is 0.999. The number of likely N-dealkylation sites (N-methyl/N-ethyl adjacent to an activating group) is 1. The maximum absolute atomic E-state index is 15.6. The van der Waals surface area contributed by atoms with Crippen molar-refractivity contribution >= 4 is 39.8 Å². The number of likely N-dealkylation sites (tertiary alicyclic amines) is 1. The van der Waals surface area contributed by atoms with E-state index in [9.17, 15) is 5.26 Å². The first kappa shape index (κ1) is 43.0. The Bertz CT molecular complexity index is 2740. The van der Waals surface area contributed by atoms with Crippen molar-refractivity contribution in [3.63, 3.8) is 0 Å². The van der Waals surface area contributed by atoms with Crippen LogP contribution < -0.4 is 14.5 Å². The number of carbonyl (C=O) groups excluding carboxylic acids is 1. The fourth-order valence-electron chi connectivity index (χ4n) is 10.5. The van der Waals surface area contributed by atoms with Crippen molar-refractivity contribution in [3.05, 3.63) is 197 Å². The van der Waals surface area contributed by atoms with Gasteiger partial charge in [-0.3, -0.25) is 4.79 Å². The molecule has 0 unspecified atom stereocenters. The van der Waals surface area contributed by atoms with Crippen LogP contribution in [0.4, 0.5) is 11.5 Å². The van der Waals surface area contributed by atoms with Gasteiger partial charge in [0.05, 0.1) is 35.8 Å². The minimum atomic E-state index is -0.921. The Hall–Kier alpha value is -6.93. The van der Waals surface area contributed by atoms with E-state index in [1.807, 2.05) is 65.7 Å². The van der Waals surface area contributed by atoms with Gasteiger partial charge >= 0.3 is 6.01 Å². The minimum Gasteiger partial charge on any atom is -0.462 e. The topological polar surface area (TPSA) is 92.1 Å². The molecule has 2 saturated heterocycles. The number of piperazine rings is 1. The van der Waals surface area contributed by atoms with Gasteiger partial charge in [0, 0.05) is 55.1 Å². The second kappa shape index (κ2) is 18.9. The predicted molar refractivity (Wildman–Crippen MR) is 262 cm³/mol. The molecule has 66 heavy (non-hydrogen) atoms. The van der Waals surface area contributed by atoms with Crippen LogP contribution in [-0.4, -0.2) is 89.0 Å². The second-order valence-corrected chi connectivity index (χ2v) is 18.0. The van der Waals surface area contributed by atoms with Crippen LogP contribution >= 0.6 is 11.6 Å². The molecule has 0 saturated carbocycles. The summed E-state index contributed by atoms with van der Waals surface area (Å²) in [6.07, 6.45) is 12.9. The second-order valence-electron chi connectivity index (χ2n) is 17.5. The number of nitrogens with zero attached hydrogens (tertiary/aromatic N) is 8. The number of fused-ring (bicyclic) bond motifs is 2. The highest BCUT2D eigenvalue weighted by Gasteiger charge is 2.46. The highest BCUT2D eigenvalue weighted by molar-refractivity contribution is 6.36. The van der Waals surface area contributed by atoms with Crippen LogP contribution in [0.5, 0.6) is 6.01 Å². The van der Waals surface area contributed by atoms with Crippen LogP contribution in [0.25, 0.3) is 10.8 Å². The van der Waals surface area contributed by atoms with Gasteiger partial charge in [0.1, 0.15) is 23.7 Å². The molecule has 6 aromatic rings. The summed E-state index contributed by atoms with van der Waals surface area (Å²) in [5.41, 5.74) is 5.69. The molecule has 1 aromatic heterocycles. The molecule has 4 aliphatic rings. The average molecular weight is 894 g/mol. The van der Waals surface area contributed by atoms with Gasteiger partial charge in [-0.2, -0.15) is 15.2 Å². The summed E-state index contributed by atoms with van der Waals surface area (Å²) in [5.74, 6) is 0.676. The van der Waals surface area contributed by atoms with Crippen molar-refractivity contribution in [1.29, 1.82) is 5.26 Å². The first-order valence-corrected chi connectivity index (χ1v) is 23.4. The fraction of sp³-hybridized carbons (Fsp3) is 0.273. The molecule has 4 aliphatic heterocycles. The maximum atomic E-state index is 15.6. The van der Waals surface area contributed by atoms with E-state index in [1.165, 1.54) is 0 Å². The third-order valence-corrected chi connectivity index (χ3v) is 14.1. The van der Waals surface area contributed by atoms with Gasteiger partial charge in [-0.15, -0.1) is 0 Å². The predicted octanol–water partition coefficient (Wildman–Crippen LogP) is 9.51.